The lowest BCUT2D eigenvalue weighted by molar-refractivity contribution is 0.331. The minimum Gasteiger partial charge on any atom is -0.494 e. The highest BCUT2D eigenvalue weighted by Crippen LogP contribution is 2.43. The highest BCUT2D eigenvalue weighted by Gasteiger charge is 2.36. The Labute approximate surface area is 129 Å². The van der Waals surface area contributed by atoms with E-state index in [0.717, 1.165) is 17.2 Å². The van der Waals surface area contributed by atoms with Crippen LogP contribution in [0.4, 0.5) is 5.69 Å². The molecule has 2 atom stereocenters. The second-order valence-corrected chi connectivity index (χ2v) is 6.82. The normalized spacial score (nSPS) is 23.9. The van der Waals surface area contributed by atoms with Crippen LogP contribution in [-0.2, 0) is 0 Å². The van der Waals surface area contributed by atoms with Crippen LogP contribution in [0.15, 0.2) is 18.2 Å². The van der Waals surface area contributed by atoms with Gasteiger partial charge in [-0.3, -0.25) is 0 Å². The highest BCUT2D eigenvalue weighted by atomic mass is 16.5. The summed E-state index contributed by atoms with van der Waals surface area (Å²) in [5.74, 6) is 2.48. The first kappa shape index (κ1) is 16.0. The Hall–Kier alpha value is -1.38. The summed E-state index contributed by atoms with van der Waals surface area (Å²) in [5.41, 5.74) is 1.47. The van der Waals surface area contributed by atoms with Crippen LogP contribution in [-0.4, -0.2) is 19.3 Å². The van der Waals surface area contributed by atoms with E-state index < -0.39 is 0 Å². The Morgan fingerprint density at radius 2 is 1.86 bits per heavy atom. The van der Waals surface area contributed by atoms with Gasteiger partial charge in [0.15, 0.2) is 0 Å². The number of rotatable bonds is 6. The van der Waals surface area contributed by atoms with E-state index in [-0.39, 0.29) is 0 Å². The molecule has 3 nitrogen and oxygen atoms in total. The fraction of sp³-hybridized carbons (Fsp3) is 0.667. The van der Waals surface area contributed by atoms with Crippen LogP contribution in [0.3, 0.4) is 0 Å². The minimum absolute atomic E-state index is 0.417. The summed E-state index contributed by atoms with van der Waals surface area (Å²) in [6.45, 7) is 12.4. The molecule has 0 aromatic heterocycles. The van der Waals surface area contributed by atoms with Crippen molar-refractivity contribution < 1.29 is 9.47 Å². The summed E-state index contributed by atoms with van der Waals surface area (Å²) in [7, 11) is 0. The maximum absolute atomic E-state index is 5.75. The lowest BCUT2D eigenvalue weighted by Crippen LogP contribution is -2.23. The van der Waals surface area contributed by atoms with Gasteiger partial charge >= 0.3 is 0 Å². The highest BCUT2D eigenvalue weighted by molar-refractivity contribution is 5.60. The van der Waals surface area contributed by atoms with Crippen molar-refractivity contribution in [2.24, 2.45) is 11.3 Å². The molecular weight excluding hydrogens is 262 g/mol. The van der Waals surface area contributed by atoms with E-state index in [2.05, 4.69) is 32.2 Å². The fourth-order valence-electron chi connectivity index (χ4n) is 3.45. The smallest absolute Gasteiger partial charge is 0.142 e. The number of anilines is 1. The molecule has 1 fully saturated rings. The Morgan fingerprint density at radius 1 is 1.14 bits per heavy atom. The number of nitrogens with one attached hydrogen (secondary N) is 1. The number of hydrogen-bond acceptors (Lipinski definition) is 3. The van der Waals surface area contributed by atoms with Crippen LogP contribution in [0, 0.1) is 11.3 Å². The molecule has 0 spiro atoms. The molecule has 2 rings (SSSR count). The van der Waals surface area contributed by atoms with Gasteiger partial charge in [0.2, 0.25) is 0 Å². The van der Waals surface area contributed by atoms with Gasteiger partial charge in [0, 0.05) is 12.1 Å². The van der Waals surface area contributed by atoms with E-state index in [1.54, 1.807) is 0 Å². The summed E-state index contributed by atoms with van der Waals surface area (Å²) < 4.78 is 11.4. The molecule has 1 saturated carbocycles. The second kappa shape index (κ2) is 6.59. The van der Waals surface area contributed by atoms with E-state index in [9.17, 15) is 0 Å². The lowest BCUT2D eigenvalue weighted by atomic mass is 9.91. The first-order chi connectivity index (χ1) is 9.95. The fourth-order valence-corrected chi connectivity index (χ4v) is 3.45. The first-order valence-corrected chi connectivity index (χ1v) is 8.11. The van der Waals surface area contributed by atoms with Crippen LogP contribution in [0.2, 0.25) is 0 Å². The zero-order valence-electron chi connectivity index (χ0n) is 14.0. The molecule has 1 aliphatic carbocycles. The molecule has 0 aliphatic heterocycles. The second-order valence-electron chi connectivity index (χ2n) is 6.82. The number of ether oxygens (including phenoxy) is 2. The Bertz CT molecular complexity index is 470. The summed E-state index contributed by atoms with van der Waals surface area (Å²) in [6, 6.07) is 6.53. The van der Waals surface area contributed by atoms with Crippen LogP contribution in [0.1, 0.15) is 47.5 Å². The molecule has 1 N–H and O–H groups in total. The van der Waals surface area contributed by atoms with Gasteiger partial charge in [0.05, 0.1) is 18.9 Å². The monoisotopic (exact) mass is 291 g/mol. The molecule has 1 aromatic rings. The van der Waals surface area contributed by atoms with Gasteiger partial charge in [-0.15, -0.1) is 0 Å². The summed E-state index contributed by atoms with van der Waals surface area (Å²) in [6.07, 6.45) is 2.46. The van der Waals surface area contributed by atoms with E-state index in [4.69, 9.17) is 9.47 Å². The van der Waals surface area contributed by atoms with Crippen molar-refractivity contribution in [3.05, 3.63) is 18.2 Å². The van der Waals surface area contributed by atoms with Crippen molar-refractivity contribution >= 4 is 5.69 Å². The Balaban J connectivity index is 2.18. The van der Waals surface area contributed by atoms with Gasteiger partial charge in [-0.1, -0.05) is 20.8 Å². The van der Waals surface area contributed by atoms with Gasteiger partial charge in [-0.2, -0.15) is 0 Å². The molecule has 2 unspecified atom stereocenters. The average Bonchev–Trinajstić information content (AvgIpc) is 2.66. The molecule has 3 heteroatoms. The van der Waals surface area contributed by atoms with Crippen molar-refractivity contribution in [2.45, 2.75) is 53.5 Å². The number of benzene rings is 1. The van der Waals surface area contributed by atoms with Crippen molar-refractivity contribution in [1.82, 2.24) is 0 Å². The molecule has 0 saturated heterocycles. The molecule has 118 valence electrons. The molecule has 1 aromatic carbocycles. The zero-order chi connectivity index (χ0) is 15.5. The summed E-state index contributed by atoms with van der Waals surface area (Å²) in [4.78, 5) is 0. The molecule has 0 bridgehead atoms. The topological polar surface area (TPSA) is 30.5 Å². The predicted octanol–water partition coefficient (Wildman–Crippen LogP) is 4.72. The van der Waals surface area contributed by atoms with Crippen LogP contribution < -0.4 is 14.8 Å². The van der Waals surface area contributed by atoms with E-state index in [1.807, 2.05) is 26.0 Å². The largest absolute Gasteiger partial charge is 0.494 e. The van der Waals surface area contributed by atoms with E-state index in [1.165, 1.54) is 12.8 Å². The molecule has 21 heavy (non-hydrogen) atoms. The van der Waals surface area contributed by atoms with Crippen LogP contribution in [0.25, 0.3) is 0 Å². The van der Waals surface area contributed by atoms with Crippen molar-refractivity contribution in [3.63, 3.8) is 0 Å². The molecule has 0 heterocycles. The zero-order valence-corrected chi connectivity index (χ0v) is 14.0. The van der Waals surface area contributed by atoms with E-state index in [0.29, 0.717) is 30.6 Å². The van der Waals surface area contributed by atoms with Gasteiger partial charge in [-0.25, -0.2) is 0 Å². The summed E-state index contributed by atoms with van der Waals surface area (Å²) >= 11 is 0. The van der Waals surface area contributed by atoms with Crippen molar-refractivity contribution in [3.8, 4) is 11.5 Å². The first-order valence-electron chi connectivity index (χ1n) is 8.11. The van der Waals surface area contributed by atoms with Crippen molar-refractivity contribution in [2.75, 3.05) is 18.5 Å². The quantitative estimate of drug-likeness (QED) is 0.822. The molecule has 0 amide bonds. The molecule has 1 aliphatic rings. The third-order valence-electron chi connectivity index (χ3n) is 4.24. The Morgan fingerprint density at radius 3 is 2.43 bits per heavy atom. The van der Waals surface area contributed by atoms with Gasteiger partial charge in [0.1, 0.15) is 11.5 Å². The lowest BCUT2D eigenvalue weighted by Gasteiger charge is -2.22. The Kier molecular flexibility index (Phi) is 5.02. The van der Waals surface area contributed by atoms with Gasteiger partial charge < -0.3 is 14.8 Å². The maximum Gasteiger partial charge on any atom is 0.142 e. The van der Waals surface area contributed by atoms with Crippen LogP contribution in [0.5, 0.6) is 11.5 Å². The molecule has 0 radical (unpaired) electrons. The third-order valence-corrected chi connectivity index (χ3v) is 4.24. The third kappa shape index (κ3) is 4.05. The van der Waals surface area contributed by atoms with Gasteiger partial charge in [0.25, 0.3) is 0 Å². The molecular formula is C18H29NO2. The minimum atomic E-state index is 0.417. The van der Waals surface area contributed by atoms with E-state index >= 15 is 0 Å². The van der Waals surface area contributed by atoms with Gasteiger partial charge in [-0.05, 0) is 50.2 Å². The standard InChI is InChI=1S/C18H29NO2/c1-6-20-14-8-9-17(21-7-2)15(10-14)19-16-12-18(4,5)11-13(16)3/h8-10,13,16,19H,6-7,11-12H2,1-5H3. The number of hydrogen-bond donors (Lipinski definition) is 1. The van der Waals surface area contributed by atoms with Crippen molar-refractivity contribution in [1.29, 1.82) is 0 Å². The maximum atomic E-state index is 5.75. The predicted molar refractivity (Wildman–Crippen MR) is 88.4 cm³/mol. The SMILES string of the molecule is CCOc1ccc(OCC)c(NC2CC(C)(C)CC2C)c1. The average molecular weight is 291 g/mol. The summed E-state index contributed by atoms with van der Waals surface area (Å²) in [5, 5.41) is 3.69. The van der Waals surface area contributed by atoms with Crippen LogP contribution >= 0.6 is 0 Å².